The molecule has 0 amide bonds. The molecule has 1 saturated carbocycles. The fraction of sp³-hybridized carbons (Fsp3) is 0.556. The third-order valence-electron chi connectivity index (χ3n) is 3.75. The number of rotatable bonds is 5. The van der Waals surface area contributed by atoms with Crippen LogP contribution in [-0.4, -0.2) is 17.3 Å². The fourth-order valence-electron chi connectivity index (χ4n) is 2.54. The van der Waals surface area contributed by atoms with Gasteiger partial charge in [-0.1, -0.05) is 55.5 Å². The Labute approximate surface area is 122 Å². The zero-order chi connectivity index (χ0) is 14.2. The summed E-state index contributed by atoms with van der Waals surface area (Å²) < 4.78 is 5.91. The summed E-state index contributed by atoms with van der Waals surface area (Å²) in [4.78, 5) is 0. The number of aliphatic hydroxyl groups excluding tert-OH is 1. The molecule has 1 aliphatic rings. The number of aliphatic hydroxyl groups is 1. The van der Waals surface area contributed by atoms with Crippen molar-refractivity contribution in [3.05, 3.63) is 35.9 Å². The second kappa shape index (κ2) is 8.09. The zero-order valence-electron chi connectivity index (χ0n) is 12.2. The Morgan fingerprint density at radius 2 is 2.10 bits per heavy atom. The van der Waals surface area contributed by atoms with Crippen LogP contribution in [0.25, 0.3) is 0 Å². The Morgan fingerprint density at radius 3 is 2.75 bits per heavy atom. The quantitative estimate of drug-likeness (QED) is 0.831. The van der Waals surface area contributed by atoms with Crippen LogP contribution in [-0.2, 0) is 11.3 Å². The van der Waals surface area contributed by atoms with Crippen LogP contribution < -0.4 is 0 Å². The van der Waals surface area contributed by atoms with Crippen molar-refractivity contribution in [3.8, 4) is 11.8 Å². The first-order chi connectivity index (χ1) is 9.79. The highest BCUT2D eigenvalue weighted by atomic mass is 16.5. The highest BCUT2D eigenvalue weighted by Gasteiger charge is 2.23. The van der Waals surface area contributed by atoms with Gasteiger partial charge in [-0.25, -0.2) is 0 Å². The van der Waals surface area contributed by atoms with Crippen molar-refractivity contribution in [1.82, 2.24) is 0 Å². The third-order valence-corrected chi connectivity index (χ3v) is 3.75. The molecular formula is C18H24O2. The molecule has 3 unspecified atom stereocenters. The summed E-state index contributed by atoms with van der Waals surface area (Å²) in [5, 5.41) is 9.80. The SMILES string of the molecule is CCCC(C#CC1CCCC1O)OCc1ccccc1. The van der Waals surface area contributed by atoms with Crippen LogP contribution in [0.4, 0.5) is 0 Å². The summed E-state index contributed by atoms with van der Waals surface area (Å²) in [5.74, 6) is 6.61. The number of hydrogen-bond donors (Lipinski definition) is 1. The Morgan fingerprint density at radius 1 is 1.30 bits per heavy atom. The minimum absolute atomic E-state index is 0.0204. The Bertz CT molecular complexity index is 443. The second-order valence-electron chi connectivity index (χ2n) is 5.47. The van der Waals surface area contributed by atoms with Crippen LogP contribution in [0, 0.1) is 17.8 Å². The highest BCUT2D eigenvalue weighted by molar-refractivity contribution is 5.15. The first kappa shape index (κ1) is 15.1. The number of hydrogen-bond acceptors (Lipinski definition) is 2. The van der Waals surface area contributed by atoms with Gasteiger partial charge in [0.25, 0.3) is 0 Å². The van der Waals surface area contributed by atoms with Crippen LogP contribution in [0.15, 0.2) is 30.3 Å². The van der Waals surface area contributed by atoms with Gasteiger partial charge in [-0.2, -0.15) is 0 Å². The van der Waals surface area contributed by atoms with E-state index in [1.54, 1.807) is 0 Å². The molecule has 1 aromatic rings. The summed E-state index contributed by atoms with van der Waals surface area (Å²) in [6.45, 7) is 2.75. The Hall–Kier alpha value is -1.30. The molecule has 0 heterocycles. The standard InChI is InChI=1S/C18H24O2/c1-2-7-17(13-12-16-10-6-11-18(16)19)20-14-15-8-4-3-5-9-15/h3-5,8-9,16-19H,2,6-7,10-11,14H2,1H3. The van der Waals surface area contributed by atoms with Crippen molar-refractivity contribution in [3.63, 3.8) is 0 Å². The Kier molecular flexibility index (Phi) is 6.11. The van der Waals surface area contributed by atoms with E-state index in [0.717, 1.165) is 32.1 Å². The van der Waals surface area contributed by atoms with Crippen molar-refractivity contribution in [1.29, 1.82) is 0 Å². The molecule has 0 spiro atoms. The average molecular weight is 272 g/mol. The predicted molar refractivity (Wildman–Crippen MR) is 81.1 cm³/mol. The summed E-state index contributed by atoms with van der Waals surface area (Å²) in [5.41, 5.74) is 1.18. The molecule has 108 valence electrons. The van der Waals surface area contributed by atoms with Gasteiger partial charge in [-0.3, -0.25) is 0 Å². The van der Waals surface area contributed by atoms with Crippen molar-refractivity contribution in [2.75, 3.05) is 0 Å². The molecule has 20 heavy (non-hydrogen) atoms. The van der Waals surface area contributed by atoms with E-state index in [4.69, 9.17) is 4.74 Å². The van der Waals surface area contributed by atoms with Gasteiger partial charge in [0.1, 0.15) is 6.10 Å². The van der Waals surface area contributed by atoms with E-state index in [-0.39, 0.29) is 18.1 Å². The maximum Gasteiger partial charge on any atom is 0.118 e. The fourth-order valence-corrected chi connectivity index (χ4v) is 2.54. The van der Waals surface area contributed by atoms with Gasteiger partial charge < -0.3 is 9.84 Å². The second-order valence-corrected chi connectivity index (χ2v) is 5.47. The maximum absolute atomic E-state index is 9.80. The summed E-state index contributed by atoms with van der Waals surface area (Å²) in [6.07, 6.45) is 4.74. The lowest BCUT2D eigenvalue weighted by Gasteiger charge is -2.12. The van der Waals surface area contributed by atoms with Crippen LogP contribution in [0.1, 0.15) is 44.6 Å². The zero-order valence-corrected chi connectivity index (χ0v) is 12.2. The van der Waals surface area contributed by atoms with E-state index in [9.17, 15) is 5.11 Å². The van der Waals surface area contributed by atoms with E-state index in [1.165, 1.54) is 5.56 Å². The van der Waals surface area contributed by atoms with Crippen LogP contribution in [0.2, 0.25) is 0 Å². The highest BCUT2D eigenvalue weighted by Crippen LogP contribution is 2.24. The molecule has 1 aromatic carbocycles. The summed E-state index contributed by atoms with van der Waals surface area (Å²) in [7, 11) is 0. The van der Waals surface area contributed by atoms with Crippen LogP contribution in [0.3, 0.4) is 0 Å². The van der Waals surface area contributed by atoms with E-state index >= 15 is 0 Å². The third kappa shape index (κ3) is 4.67. The molecule has 0 radical (unpaired) electrons. The molecule has 0 aromatic heterocycles. The van der Waals surface area contributed by atoms with E-state index in [1.807, 2.05) is 18.2 Å². The molecule has 1 fully saturated rings. The lowest BCUT2D eigenvalue weighted by atomic mass is 10.1. The van der Waals surface area contributed by atoms with Crippen molar-refractivity contribution >= 4 is 0 Å². The van der Waals surface area contributed by atoms with Gasteiger partial charge in [-0.15, -0.1) is 0 Å². The lowest BCUT2D eigenvalue weighted by molar-refractivity contribution is 0.0719. The van der Waals surface area contributed by atoms with Crippen molar-refractivity contribution < 1.29 is 9.84 Å². The monoisotopic (exact) mass is 272 g/mol. The number of benzene rings is 1. The smallest absolute Gasteiger partial charge is 0.118 e. The summed E-state index contributed by atoms with van der Waals surface area (Å²) >= 11 is 0. The van der Waals surface area contributed by atoms with Gasteiger partial charge in [0.05, 0.1) is 12.7 Å². The van der Waals surface area contributed by atoms with E-state index < -0.39 is 0 Å². The minimum atomic E-state index is -0.237. The topological polar surface area (TPSA) is 29.5 Å². The van der Waals surface area contributed by atoms with E-state index in [0.29, 0.717) is 6.61 Å². The number of ether oxygens (including phenoxy) is 1. The summed E-state index contributed by atoms with van der Waals surface area (Å²) in [6, 6.07) is 10.2. The van der Waals surface area contributed by atoms with Gasteiger partial charge >= 0.3 is 0 Å². The molecule has 0 bridgehead atoms. The van der Waals surface area contributed by atoms with Gasteiger partial charge in [-0.05, 0) is 31.2 Å². The Balaban J connectivity index is 1.88. The molecule has 2 nitrogen and oxygen atoms in total. The molecule has 3 atom stereocenters. The molecule has 0 aliphatic heterocycles. The van der Waals surface area contributed by atoms with Crippen LogP contribution in [0.5, 0.6) is 0 Å². The molecule has 1 N–H and O–H groups in total. The van der Waals surface area contributed by atoms with Crippen LogP contribution >= 0.6 is 0 Å². The molecular weight excluding hydrogens is 248 g/mol. The molecule has 2 heteroatoms. The molecule has 0 saturated heterocycles. The van der Waals surface area contributed by atoms with E-state index in [2.05, 4.69) is 30.9 Å². The normalized spacial score (nSPS) is 23.1. The average Bonchev–Trinajstić information content (AvgIpc) is 2.88. The van der Waals surface area contributed by atoms with Gasteiger partial charge in [0, 0.05) is 5.92 Å². The minimum Gasteiger partial charge on any atom is -0.392 e. The van der Waals surface area contributed by atoms with Gasteiger partial charge in [0.2, 0.25) is 0 Å². The largest absolute Gasteiger partial charge is 0.392 e. The predicted octanol–water partition coefficient (Wildman–Crippen LogP) is 3.54. The maximum atomic E-state index is 9.80. The molecule has 1 aliphatic carbocycles. The molecule has 2 rings (SSSR count). The lowest BCUT2D eigenvalue weighted by Crippen LogP contribution is -2.14. The van der Waals surface area contributed by atoms with Crippen molar-refractivity contribution in [2.45, 2.75) is 57.8 Å². The first-order valence-electron chi connectivity index (χ1n) is 7.64. The first-order valence-corrected chi connectivity index (χ1v) is 7.64. The van der Waals surface area contributed by atoms with Crippen molar-refractivity contribution in [2.24, 2.45) is 5.92 Å². The van der Waals surface area contributed by atoms with Gasteiger partial charge in [0.15, 0.2) is 0 Å².